The first kappa shape index (κ1) is 12.2. The molecular formula is C15H17N2O+. The van der Waals surface area contributed by atoms with Gasteiger partial charge in [-0.1, -0.05) is 30.3 Å². The van der Waals surface area contributed by atoms with Crippen LogP contribution in [0, 0.1) is 0 Å². The summed E-state index contributed by atoms with van der Waals surface area (Å²) in [7, 11) is 3.99. The molecule has 0 atom stereocenters. The molecule has 0 radical (unpaired) electrons. The first-order valence-corrected chi connectivity index (χ1v) is 5.81. The molecule has 0 fully saturated rings. The number of rotatable bonds is 3. The number of aliphatic hydroxyl groups excluding tert-OH is 1. The molecule has 3 heteroatoms. The lowest BCUT2D eigenvalue weighted by Crippen LogP contribution is -2.25. The van der Waals surface area contributed by atoms with E-state index in [-0.39, 0.29) is 5.76 Å². The molecule has 2 aromatic rings. The summed E-state index contributed by atoms with van der Waals surface area (Å²) in [4.78, 5) is 2.03. The van der Waals surface area contributed by atoms with E-state index < -0.39 is 0 Å². The SMILES string of the molecule is CN(C)c1cc[n+](/C=C(\O)c2ccccc2)cc1. The lowest BCUT2D eigenvalue weighted by molar-refractivity contribution is -0.568. The highest BCUT2D eigenvalue weighted by Crippen LogP contribution is 2.10. The molecule has 1 N–H and O–H groups in total. The predicted octanol–water partition coefficient (Wildman–Crippen LogP) is 2.55. The van der Waals surface area contributed by atoms with Crippen molar-refractivity contribution in [2.45, 2.75) is 0 Å². The zero-order valence-corrected chi connectivity index (χ0v) is 10.6. The zero-order chi connectivity index (χ0) is 13.0. The van der Waals surface area contributed by atoms with Gasteiger partial charge in [0.2, 0.25) is 6.20 Å². The summed E-state index contributed by atoms with van der Waals surface area (Å²) in [6.07, 6.45) is 5.51. The molecule has 0 saturated carbocycles. The van der Waals surface area contributed by atoms with Crippen LogP contribution >= 0.6 is 0 Å². The minimum atomic E-state index is 0.248. The molecule has 92 valence electrons. The number of nitrogens with zero attached hydrogens (tertiary/aromatic N) is 2. The molecule has 3 nitrogen and oxygen atoms in total. The van der Waals surface area contributed by atoms with Gasteiger partial charge in [-0.15, -0.1) is 0 Å². The topological polar surface area (TPSA) is 27.4 Å². The Balaban J connectivity index is 2.23. The van der Waals surface area contributed by atoms with Gasteiger partial charge in [0.25, 0.3) is 0 Å². The Bertz CT molecular complexity index is 530. The first-order chi connectivity index (χ1) is 8.66. The van der Waals surface area contributed by atoms with Gasteiger partial charge in [-0.25, -0.2) is 0 Å². The molecule has 0 aliphatic carbocycles. The quantitative estimate of drug-likeness (QED) is 0.660. The largest absolute Gasteiger partial charge is 0.502 e. The fourth-order valence-electron chi connectivity index (χ4n) is 1.64. The third-order valence-electron chi connectivity index (χ3n) is 2.69. The van der Waals surface area contributed by atoms with Gasteiger partial charge in [0.15, 0.2) is 18.2 Å². The third-order valence-corrected chi connectivity index (χ3v) is 2.69. The van der Waals surface area contributed by atoms with E-state index >= 15 is 0 Å². The molecule has 0 saturated heterocycles. The van der Waals surface area contributed by atoms with Crippen LogP contribution in [0.3, 0.4) is 0 Å². The highest BCUT2D eigenvalue weighted by Gasteiger charge is 2.04. The molecule has 2 rings (SSSR count). The van der Waals surface area contributed by atoms with E-state index in [0.717, 1.165) is 11.3 Å². The lowest BCUT2D eigenvalue weighted by atomic mass is 10.2. The number of aliphatic hydroxyl groups is 1. The Kier molecular flexibility index (Phi) is 3.63. The van der Waals surface area contributed by atoms with Crippen molar-refractivity contribution >= 4 is 17.6 Å². The first-order valence-electron chi connectivity index (χ1n) is 5.81. The lowest BCUT2D eigenvalue weighted by Gasteiger charge is -2.09. The van der Waals surface area contributed by atoms with Crippen LogP contribution in [0.1, 0.15) is 5.56 Å². The minimum absolute atomic E-state index is 0.248. The van der Waals surface area contributed by atoms with Gasteiger partial charge in [0.1, 0.15) is 0 Å². The third kappa shape index (κ3) is 2.88. The Labute approximate surface area is 107 Å². The van der Waals surface area contributed by atoms with E-state index in [0.29, 0.717) is 0 Å². The molecule has 0 spiro atoms. The van der Waals surface area contributed by atoms with E-state index in [4.69, 9.17) is 0 Å². The molecule has 0 bridgehead atoms. The molecule has 0 amide bonds. The second-order valence-corrected chi connectivity index (χ2v) is 4.28. The van der Waals surface area contributed by atoms with Gasteiger partial charge in [-0.05, 0) is 0 Å². The molecular weight excluding hydrogens is 224 g/mol. The highest BCUT2D eigenvalue weighted by atomic mass is 16.3. The van der Waals surface area contributed by atoms with Gasteiger partial charge in [-0.3, -0.25) is 0 Å². The normalized spacial score (nSPS) is 11.3. The fourth-order valence-corrected chi connectivity index (χ4v) is 1.64. The van der Waals surface area contributed by atoms with Crippen molar-refractivity contribution in [1.29, 1.82) is 0 Å². The molecule has 0 aliphatic heterocycles. The van der Waals surface area contributed by atoms with Crippen LogP contribution in [-0.2, 0) is 0 Å². The van der Waals surface area contributed by atoms with Crippen LogP contribution in [-0.4, -0.2) is 19.2 Å². The monoisotopic (exact) mass is 241 g/mol. The zero-order valence-electron chi connectivity index (χ0n) is 10.6. The summed E-state index contributed by atoms with van der Waals surface area (Å²) in [5, 5.41) is 9.98. The van der Waals surface area contributed by atoms with Gasteiger partial charge >= 0.3 is 0 Å². The van der Waals surface area contributed by atoms with Crippen molar-refractivity contribution in [2.24, 2.45) is 0 Å². The number of benzene rings is 1. The average molecular weight is 241 g/mol. The maximum absolute atomic E-state index is 9.98. The predicted molar refractivity (Wildman–Crippen MR) is 74.2 cm³/mol. The van der Waals surface area contributed by atoms with Crippen LogP contribution in [0.15, 0.2) is 54.9 Å². The molecule has 0 unspecified atom stereocenters. The standard InChI is InChI=1S/C15H16N2O/c1-16(2)14-8-10-17(11-9-14)12-15(18)13-6-4-3-5-7-13/h3-12H,1-2H3/p+1/b15-12-. The smallest absolute Gasteiger partial charge is 0.216 e. The van der Waals surface area contributed by atoms with Crippen molar-refractivity contribution in [3.63, 3.8) is 0 Å². The van der Waals surface area contributed by atoms with Crippen molar-refractivity contribution in [3.8, 4) is 0 Å². The number of pyridine rings is 1. The molecule has 1 heterocycles. The number of hydrogen-bond donors (Lipinski definition) is 1. The minimum Gasteiger partial charge on any atom is -0.502 e. The summed E-state index contributed by atoms with van der Waals surface area (Å²) >= 11 is 0. The Hall–Kier alpha value is -2.29. The van der Waals surface area contributed by atoms with Gasteiger partial charge in [0, 0.05) is 37.5 Å². The summed E-state index contributed by atoms with van der Waals surface area (Å²) in [5.74, 6) is 0.248. The van der Waals surface area contributed by atoms with Gasteiger partial charge < -0.3 is 10.0 Å². The number of aromatic nitrogens is 1. The molecule has 1 aromatic carbocycles. The van der Waals surface area contributed by atoms with Gasteiger partial charge in [0.05, 0.1) is 0 Å². The Morgan fingerprint density at radius 1 is 1.06 bits per heavy atom. The van der Waals surface area contributed by atoms with Gasteiger partial charge in [-0.2, -0.15) is 4.57 Å². The Morgan fingerprint density at radius 3 is 2.22 bits per heavy atom. The summed E-state index contributed by atoms with van der Waals surface area (Å²) < 4.78 is 1.83. The summed E-state index contributed by atoms with van der Waals surface area (Å²) in [6.45, 7) is 0. The van der Waals surface area contributed by atoms with E-state index in [1.165, 1.54) is 0 Å². The van der Waals surface area contributed by atoms with E-state index in [1.54, 1.807) is 6.20 Å². The second-order valence-electron chi connectivity index (χ2n) is 4.28. The van der Waals surface area contributed by atoms with E-state index in [2.05, 4.69) is 0 Å². The van der Waals surface area contributed by atoms with E-state index in [1.807, 2.05) is 78.4 Å². The Morgan fingerprint density at radius 2 is 1.67 bits per heavy atom. The van der Waals surface area contributed by atoms with Crippen molar-refractivity contribution in [1.82, 2.24) is 0 Å². The number of hydrogen-bond acceptors (Lipinski definition) is 2. The summed E-state index contributed by atoms with van der Waals surface area (Å²) in [5.41, 5.74) is 1.93. The van der Waals surface area contributed by atoms with Crippen molar-refractivity contribution in [2.75, 3.05) is 19.0 Å². The maximum Gasteiger partial charge on any atom is 0.216 e. The van der Waals surface area contributed by atoms with E-state index in [9.17, 15) is 5.11 Å². The maximum atomic E-state index is 9.98. The summed E-state index contributed by atoms with van der Waals surface area (Å²) in [6, 6.07) is 13.5. The number of anilines is 1. The second kappa shape index (κ2) is 5.36. The molecule has 0 aliphatic rings. The van der Waals surface area contributed by atoms with Crippen LogP contribution in [0.5, 0.6) is 0 Å². The highest BCUT2D eigenvalue weighted by molar-refractivity contribution is 5.65. The average Bonchev–Trinajstić information content (AvgIpc) is 2.40. The fraction of sp³-hybridized carbons (Fsp3) is 0.133. The van der Waals surface area contributed by atoms with Crippen LogP contribution in [0.25, 0.3) is 12.0 Å². The van der Waals surface area contributed by atoms with Crippen LogP contribution in [0.4, 0.5) is 5.69 Å². The molecule has 1 aromatic heterocycles. The molecule has 18 heavy (non-hydrogen) atoms. The van der Waals surface area contributed by atoms with Crippen LogP contribution < -0.4 is 9.47 Å². The van der Waals surface area contributed by atoms with Crippen molar-refractivity contribution in [3.05, 3.63) is 60.4 Å². The van der Waals surface area contributed by atoms with Crippen LogP contribution in [0.2, 0.25) is 0 Å². The van der Waals surface area contributed by atoms with Crippen molar-refractivity contribution < 1.29 is 9.67 Å².